The molecule has 1 aromatic carbocycles. The van der Waals surface area contributed by atoms with Crippen LogP contribution in [0.15, 0.2) is 52.5 Å². The Labute approximate surface area is 196 Å². The normalized spacial score (nSPS) is 12.1. The van der Waals surface area contributed by atoms with Crippen molar-refractivity contribution in [2.45, 2.75) is 44.2 Å². The second-order valence-electron chi connectivity index (χ2n) is 8.80. The molecule has 1 N–H and O–H groups in total. The number of benzene rings is 1. The molecule has 3 aromatic rings. The van der Waals surface area contributed by atoms with Gasteiger partial charge in [0.25, 0.3) is 0 Å². The second-order valence-corrected chi connectivity index (χ2v) is 11.1. The third-order valence-corrected chi connectivity index (χ3v) is 6.64. The summed E-state index contributed by atoms with van der Waals surface area (Å²) in [5.74, 6) is -0.850. The number of hydrogen-bond acceptors (Lipinski definition) is 5. The van der Waals surface area contributed by atoms with Crippen LogP contribution in [0.25, 0.3) is 5.69 Å². The summed E-state index contributed by atoms with van der Waals surface area (Å²) in [5.41, 5.74) is 0.246. The van der Waals surface area contributed by atoms with Crippen LogP contribution in [0.4, 0.5) is 9.18 Å². The van der Waals surface area contributed by atoms with E-state index in [-0.39, 0.29) is 44.8 Å². The third-order valence-electron chi connectivity index (χ3n) is 4.65. The van der Waals surface area contributed by atoms with Crippen molar-refractivity contribution in [3.63, 3.8) is 0 Å². The maximum Gasteiger partial charge on any atom is 0.407 e. The number of carboxylic acid groups (broad SMARTS) is 1. The highest BCUT2D eigenvalue weighted by atomic mass is 35.5. The van der Waals surface area contributed by atoms with Gasteiger partial charge in [-0.1, -0.05) is 38.4 Å². The fraction of sp³-hybridized carbons (Fsp3) is 0.318. The van der Waals surface area contributed by atoms with Gasteiger partial charge in [0.05, 0.1) is 22.2 Å². The molecule has 0 aliphatic carbocycles. The minimum atomic E-state index is -4.17. The Balaban J connectivity index is 2.17. The zero-order valence-electron chi connectivity index (χ0n) is 18.6. The zero-order valence-corrected chi connectivity index (χ0v) is 20.2. The van der Waals surface area contributed by atoms with Gasteiger partial charge in [-0.25, -0.2) is 22.3 Å². The van der Waals surface area contributed by atoms with E-state index in [0.29, 0.717) is 5.69 Å². The molecule has 0 bridgehead atoms. The molecule has 0 saturated carbocycles. The number of amides is 1. The lowest BCUT2D eigenvalue weighted by Crippen LogP contribution is -2.36. The highest BCUT2D eigenvalue weighted by Crippen LogP contribution is 2.28. The van der Waals surface area contributed by atoms with E-state index in [9.17, 15) is 22.7 Å². The van der Waals surface area contributed by atoms with E-state index in [0.717, 1.165) is 9.58 Å². The molecule has 2 aromatic heterocycles. The van der Waals surface area contributed by atoms with E-state index < -0.39 is 21.7 Å². The predicted octanol–water partition coefficient (Wildman–Crippen LogP) is 4.73. The summed E-state index contributed by atoms with van der Waals surface area (Å²) in [6, 6.07) is 8.33. The molecule has 0 fully saturated rings. The number of rotatable bonds is 6. The van der Waals surface area contributed by atoms with Crippen molar-refractivity contribution in [2.75, 3.05) is 6.54 Å². The van der Waals surface area contributed by atoms with Gasteiger partial charge >= 0.3 is 6.09 Å². The quantitative estimate of drug-likeness (QED) is 0.531. The lowest BCUT2D eigenvalue weighted by molar-refractivity contribution is 0.122. The van der Waals surface area contributed by atoms with Crippen LogP contribution in [0.3, 0.4) is 0 Å². The summed E-state index contributed by atoms with van der Waals surface area (Å²) < 4.78 is 42.6. The number of aryl methyl sites for hydroxylation is 1. The summed E-state index contributed by atoms with van der Waals surface area (Å²) in [4.78, 5) is 16.8. The number of pyridine rings is 1. The summed E-state index contributed by atoms with van der Waals surface area (Å²) >= 11 is 5.91. The molecule has 0 saturated heterocycles. The molecule has 2 heterocycles. The lowest BCUT2D eigenvalue weighted by atomic mass is 9.96. The molecule has 0 aliphatic heterocycles. The lowest BCUT2D eigenvalue weighted by Gasteiger charge is -2.27. The minimum absolute atomic E-state index is 0.104. The van der Waals surface area contributed by atoms with Gasteiger partial charge in [-0.15, -0.1) is 0 Å². The van der Waals surface area contributed by atoms with Crippen LogP contribution in [0, 0.1) is 18.2 Å². The van der Waals surface area contributed by atoms with Crippen LogP contribution in [0.1, 0.15) is 32.2 Å². The molecule has 33 heavy (non-hydrogen) atoms. The molecule has 0 aliphatic rings. The van der Waals surface area contributed by atoms with Crippen molar-refractivity contribution in [3.8, 4) is 5.69 Å². The number of carbonyl (C=O) groups is 1. The topological polar surface area (TPSA) is 105 Å². The van der Waals surface area contributed by atoms with Crippen molar-refractivity contribution < 1.29 is 22.7 Å². The molecule has 8 nitrogen and oxygen atoms in total. The van der Waals surface area contributed by atoms with Crippen molar-refractivity contribution in [1.29, 1.82) is 0 Å². The Hall–Kier alpha value is -2.98. The van der Waals surface area contributed by atoms with E-state index >= 15 is 0 Å². The number of aromatic nitrogens is 3. The summed E-state index contributed by atoms with van der Waals surface area (Å²) in [6.07, 6.45) is 0.0275. The molecule has 0 radical (unpaired) electrons. The molecule has 11 heteroatoms. The van der Waals surface area contributed by atoms with Crippen LogP contribution in [-0.2, 0) is 16.4 Å². The van der Waals surface area contributed by atoms with Crippen LogP contribution >= 0.6 is 11.6 Å². The van der Waals surface area contributed by atoms with Gasteiger partial charge < -0.3 is 10.0 Å². The first-order chi connectivity index (χ1) is 15.3. The Morgan fingerprint density at radius 1 is 1.24 bits per heavy atom. The Kier molecular flexibility index (Phi) is 6.80. The second kappa shape index (κ2) is 9.11. The molecule has 176 valence electrons. The summed E-state index contributed by atoms with van der Waals surface area (Å²) in [5, 5.41) is 13.3. The average molecular weight is 495 g/mol. The van der Waals surface area contributed by atoms with Crippen LogP contribution in [0.2, 0.25) is 5.02 Å². The SMILES string of the molecule is Cc1ccc(S(=O)(=O)c2cc(CN(CC(C)(C)C)C(=O)O)nn2-c2cccc(Cl)c2F)cn1. The van der Waals surface area contributed by atoms with Gasteiger partial charge in [0, 0.05) is 24.5 Å². The van der Waals surface area contributed by atoms with E-state index in [1.165, 1.54) is 36.5 Å². The molecule has 0 spiro atoms. The molecule has 1 amide bonds. The fourth-order valence-electron chi connectivity index (χ4n) is 3.20. The predicted molar refractivity (Wildman–Crippen MR) is 121 cm³/mol. The van der Waals surface area contributed by atoms with E-state index in [1.807, 2.05) is 20.8 Å². The first-order valence-corrected chi connectivity index (χ1v) is 11.8. The largest absolute Gasteiger partial charge is 0.465 e. The van der Waals surface area contributed by atoms with Crippen molar-refractivity contribution in [2.24, 2.45) is 5.41 Å². The monoisotopic (exact) mass is 494 g/mol. The van der Waals surface area contributed by atoms with Crippen molar-refractivity contribution in [3.05, 3.63) is 64.8 Å². The van der Waals surface area contributed by atoms with Crippen molar-refractivity contribution >= 4 is 27.5 Å². The van der Waals surface area contributed by atoms with Crippen LogP contribution in [0.5, 0.6) is 0 Å². The van der Waals surface area contributed by atoms with E-state index in [2.05, 4.69) is 10.1 Å². The summed E-state index contributed by atoms with van der Waals surface area (Å²) in [6.45, 7) is 7.35. The van der Waals surface area contributed by atoms with Gasteiger partial charge in [0.2, 0.25) is 9.84 Å². The Morgan fingerprint density at radius 2 is 1.94 bits per heavy atom. The Bertz CT molecular complexity index is 1280. The number of nitrogens with zero attached hydrogens (tertiary/aromatic N) is 4. The van der Waals surface area contributed by atoms with Gasteiger partial charge in [-0.05, 0) is 36.6 Å². The first kappa shape index (κ1) is 24.7. The van der Waals surface area contributed by atoms with E-state index in [4.69, 9.17) is 11.6 Å². The van der Waals surface area contributed by atoms with Gasteiger partial charge in [-0.3, -0.25) is 4.98 Å². The van der Waals surface area contributed by atoms with Crippen LogP contribution < -0.4 is 0 Å². The molecule has 0 unspecified atom stereocenters. The third kappa shape index (κ3) is 5.51. The zero-order chi connectivity index (χ0) is 24.6. The van der Waals surface area contributed by atoms with Gasteiger partial charge in [0.1, 0.15) is 5.69 Å². The fourth-order valence-corrected chi connectivity index (χ4v) is 4.71. The van der Waals surface area contributed by atoms with E-state index in [1.54, 1.807) is 13.0 Å². The number of halogens is 2. The number of hydrogen-bond donors (Lipinski definition) is 1. The maximum absolute atomic E-state index is 14.8. The highest BCUT2D eigenvalue weighted by Gasteiger charge is 2.29. The van der Waals surface area contributed by atoms with Gasteiger partial charge in [-0.2, -0.15) is 5.10 Å². The summed E-state index contributed by atoms with van der Waals surface area (Å²) in [7, 11) is -4.17. The number of sulfone groups is 1. The standard InChI is InChI=1S/C22H24ClFN4O4S/c1-14-8-9-16(11-25-14)33(31,32)19-10-15(12-27(21(29)30)13-22(2,3)4)26-28(19)18-7-5-6-17(23)20(18)24/h5-11H,12-13H2,1-4H3,(H,29,30). The van der Waals surface area contributed by atoms with Gasteiger partial charge in [0.15, 0.2) is 10.8 Å². The van der Waals surface area contributed by atoms with Crippen LogP contribution in [-0.4, -0.2) is 45.8 Å². The molecule has 3 rings (SSSR count). The average Bonchev–Trinajstić information content (AvgIpc) is 3.13. The molecule has 0 atom stereocenters. The molecular formula is C22H24ClFN4O4S. The highest BCUT2D eigenvalue weighted by molar-refractivity contribution is 7.91. The Morgan fingerprint density at radius 3 is 2.52 bits per heavy atom. The minimum Gasteiger partial charge on any atom is -0.465 e. The maximum atomic E-state index is 14.8. The molecular weight excluding hydrogens is 471 g/mol. The first-order valence-electron chi connectivity index (χ1n) is 9.98. The van der Waals surface area contributed by atoms with Crippen molar-refractivity contribution in [1.82, 2.24) is 19.7 Å². The smallest absolute Gasteiger partial charge is 0.407 e.